The fourth-order valence-electron chi connectivity index (χ4n) is 2.07. The first-order valence-corrected chi connectivity index (χ1v) is 6.64. The number of nitrogens with one attached hydrogen (secondary N) is 1. The Kier molecular flexibility index (Phi) is 3.55. The second kappa shape index (κ2) is 5.66. The topological polar surface area (TPSA) is 55.6 Å². The quantitative estimate of drug-likeness (QED) is 0.800. The van der Waals surface area contributed by atoms with Gasteiger partial charge in [-0.15, -0.1) is 0 Å². The molecule has 0 atom stereocenters. The molecule has 0 fully saturated rings. The van der Waals surface area contributed by atoms with Gasteiger partial charge in [-0.1, -0.05) is 30.3 Å². The fraction of sp³-hybridized carbons (Fsp3) is 0.125. The molecule has 5 heteroatoms. The summed E-state index contributed by atoms with van der Waals surface area (Å²) in [4.78, 5) is 16.1. The second-order valence-electron chi connectivity index (χ2n) is 4.75. The van der Waals surface area contributed by atoms with E-state index >= 15 is 0 Å². The maximum Gasteiger partial charge on any atom is 0.412 e. The Balaban J connectivity index is 1.63. The summed E-state index contributed by atoms with van der Waals surface area (Å²) in [6, 6.07) is 13.2. The van der Waals surface area contributed by atoms with E-state index in [0.29, 0.717) is 5.69 Å². The molecule has 0 aliphatic carbocycles. The highest BCUT2D eigenvalue weighted by Crippen LogP contribution is 2.12. The number of hydrogen-bond donors (Lipinski definition) is 1. The van der Waals surface area contributed by atoms with Crippen molar-refractivity contribution >= 4 is 17.4 Å². The van der Waals surface area contributed by atoms with Gasteiger partial charge in [0.25, 0.3) is 0 Å². The van der Waals surface area contributed by atoms with Crippen LogP contribution in [0.25, 0.3) is 5.65 Å². The fourth-order valence-corrected chi connectivity index (χ4v) is 2.07. The first-order valence-electron chi connectivity index (χ1n) is 6.64. The van der Waals surface area contributed by atoms with Crippen LogP contribution in [0.4, 0.5) is 10.5 Å². The number of fused-ring (bicyclic) bond motifs is 1. The summed E-state index contributed by atoms with van der Waals surface area (Å²) in [5.74, 6) is 0. The van der Waals surface area contributed by atoms with Gasteiger partial charge in [-0.3, -0.25) is 5.32 Å². The minimum Gasteiger partial charge on any atom is -0.444 e. The Morgan fingerprint density at radius 2 is 2.00 bits per heavy atom. The van der Waals surface area contributed by atoms with Crippen molar-refractivity contribution in [1.82, 2.24) is 9.38 Å². The van der Waals surface area contributed by atoms with Crippen molar-refractivity contribution in [3.05, 3.63) is 66.1 Å². The first-order chi connectivity index (χ1) is 10.2. The van der Waals surface area contributed by atoms with Gasteiger partial charge < -0.3 is 9.14 Å². The van der Waals surface area contributed by atoms with Crippen LogP contribution in [0.5, 0.6) is 0 Å². The molecule has 3 aromatic rings. The molecule has 0 radical (unpaired) electrons. The highest BCUT2D eigenvalue weighted by Gasteiger charge is 2.05. The normalized spacial score (nSPS) is 10.5. The molecule has 106 valence electrons. The number of carbonyl (C=O) groups excluding carboxylic acids is 1. The summed E-state index contributed by atoms with van der Waals surface area (Å²) >= 11 is 0. The number of aryl methyl sites for hydroxylation is 1. The molecule has 21 heavy (non-hydrogen) atoms. The van der Waals surface area contributed by atoms with Gasteiger partial charge in [-0.2, -0.15) is 0 Å². The Morgan fingerprint density at radius 3 is 2.81 bits per heavy atom. The molecule has 2 aromatic heterocycles. The summed E-state index contributed by atoms with van der Waals surface area (Å²) in [6.07, 6.45) is 3.23. The molecule has 3 rings (SSSR count). The number of carbonyl (C=O) groups is 1. The molecule has 5 nitrogen and oxygen atoms in total. The third kappa shape index (κ3) is 3.20. The van der Waals surface area contributed by atoms with E-state index in [1.165, 1.54) is 0 Å². The third-order valence-corrected chi connectivity index (χ3v) is 3.03. The van der Waals surface area contributed by atoms with E-state index in [1.807, 2.05) is 53.9 Å². The second-order valence-corrected chi connectivity index (χ2v) is 4.75. The molecule has 0 saturated heterocycles. The van der Waals surface area contributed by atoms with Gasteiger partial charge in [0.15, 0.2) is 0 Å². The van der Waals surface area contributed by atoms with Crippen LogP contribution < -0.4 is 5.32 Å². The molecule has 0 aliphatic rings. The Morgan fingerprint density at radius 1 is 1.19 bits per heavy atom. The lowest BCUT2D eigenvalue weighted by atomic mass is 10.2. The Hall–Kier alpha value is -2.82. The smallest absolute Gasteiger partial charge is 0.412 e. The number of hydrogen-bond acceptors (Lipinski definition) is 3. The van der Waals surface area contributed by atoms with Crippen molar-refractivity contribution in [3.8, 4) is 0 Å². The van der Waals surface area contributed by atoms with Gasteiger partial charge in [0.1, 0.15) is 12.3 Å². The minimum absolute atomic E-state index is 0.249. The van der Waals surface area contributed by atoms with Crippen LogP contribution in [0.3, 0.4) is 0 Å². The molecular formula is C16H15N3O2. The largest absolute Gasteiger partial charge is 0.444 e. The molecular weight excluding hydrogens is 266 g/mol. The van der Waals surface area contributed by atoms with Crippen LogP contribution >= 0.6 is 0 Å². The number of rotatable bonds is 3. The summed E-state index contributed by atoms with van der Waals surface area (Å²) in [6.45, 7) is 2.17. The van der Waals surface area contributed by atoms with Crippen molar-refractivity contribution in [1.29, 1.82) is 0 Å². The number of benzene rings is 1. The van der Waals surface area contributed by atoms with E-state index in [2.05, 4.69) is 10.3 Å². The van der Waals surface area contributed by atoms with Gasteiger partial charge in [0.05, 0.1) is 11.4 Å². The molecule has 1 aromatic carbocycles. The van der Waals surface area contributed by atoms with Crippen molar-refractivity contribution < 1.29 is 9.53 Å². The molecule has 0 saturated carbocycles. The minimum atomic E-state index is -0.477. The van der Waals surface area contributed by atoms with E-state index in [1.54, 1.807) is 12.3 Å². The highest BCUT2D eigenvalue weighted by atomic mass is 16.5. The number of nitrogens with zero attached hydrogens (tertiary/aromatic N) is 2. The molecule has 0 aliphatic heterocycles. The molecule has 0 spiro atoms. The zero-order valence-electron chi connectivity index (χ0n) is 11.6. The first kappa shape index (κ1) is 13.2. The lowest BCUT2D eigenvalue weighted by Gasteiger charge is -2.07. The van der Waals surface area contributed by atoms with Gasteiger partial charge in [0.2, 0.25) is 0 Å². The lowest BCUT2D eigenvalue weighted by Crippen LogP contribution is -2.13. The number of pyridine rings is 1. The number of ether oxygens (including phenoxy) is 1. The van der Waals surface area contributed by atoms with Crippen LogP contribution in [0, 0.1) is 6.92 Å². The molecule has 0 bridgehead atoms. The van der Waals surface area contributed by atoms with Crippen LogP contribution in [-0.2, 0) is 11.3 Å². The summed E-state index contributed by atoms with van der Waals surface area (Å²) in [5, 5.41) is 2.70. The average molecular weight is 281 g/mol. The summed E-state index contributed by atoms with van der Waals surface area (Å²) < 4.78 is 7.04. The molecule has 1 amide bonds. The van der Waals surface area contributed by atoms with Crippen molar-refractivity contribution in [2.75, 3.05) is 5.32 Å². The maximum absolute atomic E-state index is 11.8. The molecule has 2 heterocycles. The molecule has 0 unspecified atom stereocenters. The van der Waals surface area contributed by atoms with E-state index in [4.69, 9.17) is 4.74 Å². The Labute approximate surface area is 122 Å². The van der Waals surface area contributed by atoms with Gasteiger partial charge in [-0.25, -0.2) is 9.78 Å². The van der Waals surface area contributed by atoms with Crippen molar-refractivity contribution in [2.45, 2.75) is 13.5 Å². The van der Waals surface area contributed by atoms with Crippen molar-refractivity contribution in [3.63, 3.8) is 0 Å². The third-order valence-electron chi connectivity index (χ3n) is 3.03. The number of aromatic nitrogens is 2. The van der Waals surface area contributed by atoms with E-state index in [9.17, 15) is 4.79 Å². The lowest BCUT2D eigenvalue weighted by molar-refractivity contribution is 0.155. The van der Waals surface area contributed by atoms with E-state index < -0.39 is 6.09 Å². The standard InChI is InChI=1S/C16H15N3O2/c1-12-9-19-10-14(7-8-15(19)17-12)18-16(20)21-11-13-5-3-2-4-6-13/h2-10H,11H2,1H3,(H,18,20). The molecule has 1 N–H and O–H groups in total. The van der Waals surface area contributed by atoms with Gasteiger partial charge in [-0.05, 0) is 24.6 Å². The van der Waals surface area contributed by atoms with E-state index in [0.717, 1.165) is 16.9 Å². The van der Waals surface area contributed by atoms with Crippen LogP contribution in [0.1, 0.15) is 11.3 Å². The van der Waals surface area contributed by atoms with Crippen LogP contribution in [0.2, 0.25) is 0 Å². The summed E-state index contributed by atoms with van der Waals surface area (Å²) in [7, 11) is 0. The SMILES string of the molecule is Cc1cn2cc(NC(=O)OCc3ccccc3)ccc2n1. The Bertz CT molecular complexity index is 766. The number of anilines is 1. The zero-order valence-corrected chi connectivity index (χ0v) is 11.6. The highest BCUT2D eigenvalue weighted by molar-refractivity contribution is 5.84. The average Bonchev–Trinajstić information content (AvgIpc) is 2.85. The zero-order chi connectivity index (χ0) is 14.7. The van der Waals surface area contributed by atoms with Crippen LogP contribution in [-0.4, -0.2) is 15.5 Å². The predicted molar refractivity (Wildman–Crippen MR) is 80.2 cm³/mol. The van der Waals surface area contributed by atoms with Crippen molar-refractivity contribution in [2.24, 2.45) is 0 Å². The van der Waals surface area contributed by atoms with Gasteiger partial charge in [0, 0.05) is 12.4 Å². The van der Waals surface area contributed by atoms with E-state index in [-0.39, 0.29) is 6.61 Å². The maximum atomic E-state index is 11.8. The number of amides is 1. The number of imidazole rings is 1. The monoisotopic (exact) mass is 281 g/mol. The van der Waals surface area contributed by atoms with Crippen LogP contribution in [0.15, 0.2) is 54.9 Å². The predicted octanol–water partition coefficient (Wildman–Crippen LogP) is 3.39. The summed E-state index contributed by atoms with van der Waals surface area (Å²) in [5.41, 5.74) is 3.39. The van der Waals surface area contributed by atoms with Gasteiger partial charge >= 0.3 is 6.09 Å².